The van der Waals surface area contributed by atoms with Gasteiger partial charge in [0.15, 0.2) is 0 Å². The summed E-state index contributed by atoms with van der Waals surface area (Å²) in [5.41, 5.74) is 3.88. The van der Waals surface area contributed by atoms with E-state index in [1.807, 2.05) is 12.1 Å². The third-order valence-corrected chi connectivity index (χ3v) is 3.74. The Morgan fingerprint density at radius 1 is 1.15 bits per heavy atom. The maximum absolute atomic E-state index is 12.4. The van der Waals surface area contributed by atoms with E-state index in [4.69, 9.17) is 11.6 Å². The van der Waals surface area contributed by atoms with E-state index in [0.29, 0.717) is 5.02 Å². The molecule has 102 valence electrons. The molecular formula is C16H15ClN2O. The zero-order valence-electron chi connectivity index (χ0n) is 10.9. The molecule has 3 nitrogen and oxygen atoms in total. The zero-order chi connectivity index (χ0) is 13.9. The predicted molar refractivity (Wildman–Crippen MR) is 81.3 cm³/mol. The average molecular weight is 287 g/mol. The second-order valence-electron chi connectivity index (χ2n) is 4.83. The number of benzene rings is 2. The van der Waals surface area contributed by atoms with E-state index < -0.39 is 0 Å². The molecule has 1 amide bonds. The molecule has 2 aromatic carbocycles. The molecule has 0 aromatic heterocycles. The Morgan fingerprint density at radius 3 is 2.75 bits per heavy atom. The number of fused-ring (bicyclic) bond motifs is 1. The molecule has 20 heavy (non-hydrogen) atoms. The summed E-state index contributed by atoms with van der Waals surface area (Å²) in [7, 11) is 0. The largest absolute Gasteiger partial charge is 0.322 e. The summed E-state index contributed by atoms with van der Waals surface area (Å²) in [5, 5.41) is 6.89. The van der Waals surface area contributed by atoms with Crippen molar-refractivity contribution in [3.8, 4) is 0 Å². The number of amides is 1. The molecular weight excluding hydrogens is 272 g/mol. The first kappa shape index (κ1) is 13.2. The molecule has 0 bridgehead atoms. The molecule has 3 rings (SSSR count). The first-order chi connectivity index (χ1) is 9.74. The van der Waals surface area contributed by atoms with Gasteiger partial charge in [-0.25, -0.2) is 0 Å². The minimum atomic E-state index is -0.0638. The number of nitrogens with one attached hydrogen (secondary N) is 2. The lowest BCUT2D eigenvalue weighted by molar-refractivity contribution is 0.102. The quantitative estimate of drug-likeness (QED) is 0.890. The van der Waals surface area contributed by atoms with Gasteiger partial charge in [-0.2, -0.15) is 0 Å². The maximum atomic E-state index is 12.4. The van der Waals surface area contributed by atoms with Crippen molar-refractivity contribution in [1.82, 2.24) is 5.32 Å². The van der Waals surface area contributed by atoms with Gasteiger partial charge in [0.2, 0.25) is 0 Å². The average Bonchev–Trinajstić information content (AvgIpc) is 2.49. The molecule has 1 aliphatic rings. The van der Waals surface area contributed by atoms with E-state index >= 15 is 0 Å². The van der Waals surface area contributed by atoms with Gasteiger partial charge < -0.3 is 10.6 Å². The summed E-state index contributed by atoms with van der Waals surface area (Å²) in [6.45, 7) is 1.75. The smallest absolute Gasteiger partial charge is 0.255 e. The monoisotopic (exact) mass is 286 g/mol. The van der Waals surface area contributed by atoms with E-state index in [9.17, 15) is 4.79 Å². The number of carbonyl (C=O) groups is 1. The van der Waals surface area contributed by atoms with Crippen LogP contribution in [0, 0.1) is 0 Å². The van der Waals surface area contributed by atoms with E-state index in [-0.39, 0.29) is 5.91 Å². The number of hydrogen-bond acceptors (Lipinski definition) is 2. The van der Waals surface area contributed by atoms with Gasteiger partial charge >= 0.3 is 0 Å². The molecule has 1 aliphatic heterocycles. The van der Waals surface area contributed by atoms with Crippen LogP contribution in [0.1, 0.15) is 21.5 Å². The Hall–Kier alpha value is -1.84. The van der Waals surface area contributed by atoms with Crippen molar-refractivity contribution in [2.24, 2.45) is 0 Å². The van der Waals surface area contributed by atoms with Gasteiger partial charge in [-0.15, -0.1) is 0 Å². The van der Waals surface area contributed by atoms with Crippen molar-refractivity contribution in [2.45, 2.75) is 13.0 Å². The molecule has 0 saturated carbocycles. The van der Waals surface area contributed by atoms with Crippen molar-refractivity contribution in [2.75, 3.05) is 11.9 Å². The Balaban J connectivity index is 1.85. The highest BCUT2D eigenvalue weighted by Crippen LogP contribution is 2.20. The zero-order valence-corrected chi connectivity index (χ0v) is 11.7. The fraction of sp³-hybridized carbons (Fsp3) is 0.188. The van der Waals surface area contributed by atoms with Gasteiger partial charge in [0.25, 0.3) is 5.91 Å². The molecule has 1 heterocycles. The lowest BCUT2D eigenvalue weighted by atomic mass is 9.95. The predicted octanol–water partition coefficient (Wildman–Crippen LogP) is 3.24. The summed E-state index contributed by atoms with van der Waals surface area (Å²) in [4.78, 5) is 12.4. The fourth-order valence-electron chi connectivity index (χ4n) is 2.48. The molecule has 0 unspecified atom stereocenters. The van der Waals surface area contributed by atoms with Crippen molar-refractivity contribution in [1.29, 1.82) is 0 Å². The van der Waals surface area contributed by atoms with Crippen LogP contribution < -0.4 is 10.6 Å². The van der Waals surface area contributed by atoms with Gasteiger partial charge in [0.05, 0.1) is 0 Å². The molecule has 0 fully saturated rings. The lowest BCUT2D eigenvalue weighted by Gasteiger charge is -2.20. The van der Waals surface area contributed by atoms with E-state index in [0.717, 1.165) is 36.3 Å². The van der Waals surface area contributed by atoms with Crippen LogP contribution in [0.5, 0.6) is 0 Å². The molecule has 0 radical (unpaired) electrons. The summed E-state index contributed by atoms with van der Waals surface area (Å²) >= 11 is 5.84. The van der Waals surface area contributed by atoms with Crippen LogP contribution in [0.15, 0.2) is 42.5 Å². The Labute approximate surface area is 123 Å². The minimum Gasteiger partial charge on any atom is -0.322 e. The third kappa shape index (κ3) is 2.69. The van der Waals surface area contributed by atoms with Gasteiger partial charge in [0.1, 0.15) is 0 Å². The van der Waals surface area contributed by atoms with Crippen molar-refractivity contribution in [3.63, 3.8) is 0 Å². The normalized spacial score (nSPS) is 13.7. The van der Waals surface area contributed by atoms with E-state index in [1.54, 1.807) is 24.3 Å². The maximum Gasteiger partial charge on any atom is 0.255 e. The van der Waals surface area contributed by atoms with Crippen LogP contribution in [0.4, 0.5) is 5.69 Å². The van der Waals surface area contributed by atoms with Crippen molar-refractivity contribution < 1.29 is 4.79 Å². The first-order valence-electron chi connectivity index (χ1n) is 6.62. The van der Waals surface area contributed by atoms with Crippen LogP contribution in [-0.4, -0.2) is 12.5 Å². The topological polar surface area (TPSA) is 41.1 Å². The fourth-order valence-corrected chi connectivity index (χ4v) is 2.60. The van der Waals surface area contributed by atoms with Crippen molar-refractivity contribution in [3.05, 3.63) is 64.2 Å². The summed E-state index contributed by atoms with van der Waals surface area (Å²) in [5.74, 6) is -0.0638. The van der Waals surface area contributed by atoms with Gasteiger partial charge in [-0.05, 0) is 54.4 Å². The molecule has 0 spiro atoms. The second kappa shape index (κ2) is 5.65. The molecule has 0 saturated heterocycles. The van der Waals surface area contributed by atoms with Crippen LogP contribution in [0.2, 0.25) is 5.02 Å². The molecule has 4 heteroatoms. The summed E-state index contributed by atoms with van der Waals surface area (Å²) in [6.07, 6.45) is 0.888. The van der Waals surface area contributed by atoms with Crippen LogP contribution >= 0.6 is 11.6 Å². The molecule has 0 aliphatic carbocycles. The number of anilines is 1. The minimum absolute atomic E-state index is 0.0638. The number of hydrogen-bond donors (Lipinski definition) is 2. The molecule has 0 atom stereocenters. The number of rotatable bonds is 2. The molecule has 2 aromatic rings. The highest BCUT2D eigenvalue weighted by Gasteiger charge is 2.17. The van der Waals surface area contributed by atoms with Gasteiger partial charge in [-0.3, -0.25) is 4.79 Å². The Kier molecular flexibility index (Phi) is 3.72. The second-order valence-corrected chi connectivity index (χ2v) is 5.27. The van der Waals surface area contributed by atoms with Gasteiger partial charge in [-0.1, -0.05) is 23.7 Å². The highest BCUT2D eigenvalue weighted by molar-refractivity contribution is 6.30. The number of carbonyl (C=O) groups excluding carboxylic acids is 1. The summed E-state index contributed by atoms with van der Waals surface area (Å²) in [6, 6.07) is 13.0. The van der Waals surface area contributed by atoms with Gasteiger partial charge in [0, 0.05) is 22.8 Å². The van der Waals surface area contributed by atoms with Crippen LogP contribution in [0.3, 0.4) is 0 Å². The Morgan fingerprint density at radius 2 is 1.95 bits per heavy atom. The third-order valence-electron chi connectivity index (χ3n) is 3.49. The van der Waals surface area contributed by atoms with E-state index in [1.165, 1.54) is 5.56 Å². The van der Waals surface area contributed by atoms with Crippen molar-refractivity contribution >= 4 is 23.2 Å². The molecule has 2 N–H and O–H groups in total. The lowest BCUT2D eigenvalue weighted by Crippen LogP contribution is -2.26. The SMILES string of the molecule is O=C(Nc1ccc(Cl)cc1)c1cccc2c1CCNC2. The van der Waals surface area contributed by atoms with E-state index in [2.05, 4.69) is 16.7 Å². The Bertz CT molecular complexity index is 637. The number of halogens is 1. The summed E-state index contributed by atoms with van der Waals surface area (Å²) < 4.78 is 0. The standard InChI is InChI=1S/C16H15ClN2O/c17-12-4-6-13(7-5-12)19-16(20)15-3-1-2-11-10-18-9-8-14(11)15/h1-7,18H,8-10H2,(H,19,20). The van der Waals surface area contributed by atoms with Crippen LogP contribution in [-0.2, 0) is 13.0 Å². The first-order valence-corrected chi connectivity index (χ1v) is 7.00. The van der Waals surface area contributed by atoms with Crippen LogP contribution in [0.25, 0.3) is 0 Å². The highest BCUT2D eigenvalue weighted by atomic mass is 35.5.